The van der Waals surface area contributed by atoms with Gasteiger partial charge in [-0.05, 0) is 44.7 Å². The van der Waals surface area contributed by atoms with Crippen molar-refractivity contribution in [2.24, 2.45) is 5.92 Å². The average Bonchev–Trinajstić information content (AvgIpc) is 2.32. The molecule has 0 aliphatic heterocycles. The molecule has 72 valence electrons. The largest absolute Gasteiger partial charge is 0.326 e. The zero-order valence-electron chi connectivity index (χ0n) is 8.51. The Labute approximate surface area is 79.9 Å². The second-order valence-electron chi connectivity index (χ2n) is 4.11. The molecule has 1 aliphatic carbocycles. The Kier molecular flexibility index (Phi) is 2.30. The lowest BCUT2D eigenvalue weighted by atomic mass is 9.86. The maximum Gasteiger partial charge on any atom is 0.0366 e. The summed E-state index contributed by atoms with van der Waals surface area (Å²) in [6.07, 6.45) is 4.24. The highest BCUT2D eigenvalue weighted by atomic mass is 15.4. The SMILES string of the molecule is Cc1ccc(C)n1NCC1CCC1. The van der Waals surface area contributed by atoms with Crippen LogP contribution in [0.2, 0.25) is 0 Å². The smallest absolute Gasteiger partial charge is 0.0366 e. The van der Waals surface area contributed by atoms with Crippen molar-refractivity contribution in [3.8, 4) is 0 Å². The first-order valence-corrected chi connectivity index (χ1v) is 5.16. The van der Waals surface area contributed by atoms with E-state index in [4.69, 9.17) is 0 Å². The lowest BCUT2D eigenvalue weighted by Crippen LogP contribution is -2.27. The Morgan fingerprint density at radius 2 is 1.92 bits per heavy atom. The van der Waals surface area contributed by atoms with Gasteiger partial charge >= 0.3 is 0 Å². The Hall–Kier alpha value is -0.920. The molecule has 0 spiro atoms. The molecule has 0 atom stereocenters. The minimum absolute atomic E-state index is 0.918. The Morgan fingerprint density at radius 1 is 1.31 bits per heavy atom. The van der Waals surface area contributed by atoms with E-state index in [2.05, 4.69) is 36.1 Å². The van der Waals surface area contributed by atoms with E-state index >= 15 is 0 Å². The van der Waals surface area contributed by atoms with Gasteiger partial charge in [0.15, 0.2) is 0 Å². The molecule has 13 heavy (non-hydrogen) atoms. The molecule has 2 nitrogen and oxygen atoms in total. The summed E-state index contributed by atoms with van der Waals surface area (Å²) in [7, 11) is 0. The number of hydrogen-bond acceptors (Lipinski definition) is 1. The topological polar surface area (TPSA) is 17.0 Å². The second kappa shape index (κ2) is 3.44. The van der Waals surface area contributed by atoms with Crippen molar-refractivity contribution in [1.82, 2.24) is 4.68 Å². The first kappa shape index (κ1) is 8.67. The molecule has 0 bridgehead atoms. The third-order valence-electron chi connectivity index (χ3n) is 3.03. The van der Waals surface area contributed by atoms with Crippen LogP contribution in [0, 0.1) is 19.8 Å². The number of aryl methyl sites for hydroxylation is 2. The fraction of sp³-hybridized carbons (Fsp3) is 0.636. The van der Waals surface area contributed by atoms with Crippen molar-refractivity contribution in [1.29, 1.82) is 0 Å². The molecule has 1 aromatic heterocycles. The third kappa shape index (κ3) is 1.71. The van der Waals surface area contributed by atoms with E-state index in [1.165, 1.54) is 30.7 Å². The van der Waals surface area contributed by atoms with Crippen molar-refractivity contribution >= 4 is 0 Å². The molecule has 1 heterocycles. The van der Waals surface area contributed by atoms with Gasteiger partial charge in [0.25, 0.3) is 0 Å². The molecule has 2 rings (SSSR count). The highest BCUT2D eigenvalue weighted by molar-refractivity contribution is 5.15. The van der Waals surface area contributed by atoms with Gasteiger partial charge in [0, 0.05) is 17.9 Å². The maximum absolute atomic E-state index is 3.48. The molecule has 0 amide bonds. The van der Waals surface area contributed by atoms with Gasteiger partial charge in [0.2, 0.25) is 0 Å². The molecule has 1 fully saturated rings. The van der Waals surface area contributed by atoms with Crippen LogP contribution < -0.4 is 5.43 Å². The molecule has 2 heteroatoms. The van der Waals surface area contributed by atoms with Crippen molar-refractivity contribution in [3.63, 3.8) is 0 Å². The summed E-state index contributed by atoms with van der Waals surface area (Å²) in [6, 6.07) is 4.31. The summed E-state index contributed by atoms with van der Waals surface area (Å²) >= 11 is 0. The fourth-order valence-corrected chi connectivity index (χ4v) is 1.84. The molecular formula is C11H18N2. The Balaban J connectivity index is 1.92. The summed E-state index contributed by atoms with van der Waals surface area (Å²) in [4.78, 5) is 0. The first-order chi connectivity index (χ1) is 6.27. The van der Waals surface area contributed by atoms with Gasteiger partial charge in [-0.3, -0.25) is 4.68 Å². The normalized spacial score (nSPS) is 17.1. The maximum atomic E-state index is 3.48. The van der Waals surface area contributed by atoms with Gasteiger partial charge in [-0.25, -0.2) is 0 Å². The number of nitrogens with one attached hydrogen (secondary N) is 1. The standard InChI is InChI=1S/C11H18N2/c1-9-6-7-10(2)13(9)12-8-11-4-3-5-11/h6-7,11-12H,3-5,8H2,1-2H3. The van der Waals surface area contributed by atoms with E-state index in [0.717, 1.165) is 12.5 Å². The van der Waals surface area contributed by atoms with E-state index in [1.54, 1.807) is 0 Å². The second-order valence-corrected chi connectivity index (χ2v) is 4.11. The van der Waals surface area contributed by atoms with Gasteiger partial charge < -0.3 is 5.43 Å². The van der Waals surface area contributed by atoms with Crippen LogP contribution in [-0.2, 0) is 0 Å². The minimum Gasteiger partial charge on any atom is -0.326 e. The number of aromatic nitrogens is 1. The van der Waals surface area contributed by atoms with Crippen LogP contribution >= 0.6 is 0 Å². The van der Waals surface area contributed by atoms with Gasteiger partial charge in [-0.2, -0.15) is 0 Å². The van der Waals surface area contributed by atoms with Crippen LogP contribution in [0.3, 0.4) is 0 Å². The Morgan fingerprint density at radius 3 is 2.38 bits per heavy atom. The molecule has 1 N–H and O–H groups in total. The molecule has 1 aromatic rings. The van der Waals surface area contributed by atoms with E-state index in [9.17, 15) is 0 Å². The average molecular weight is 178 g/mol. The summed E-state index contributed by atoms with van der Waals surface area (Å²) in [5.41, 5.74) is 6.09. The lowest BCUT2D eigenvalue weighted by molar-refractivity contribution is 0.325. The lowest BCUT2D eigenvalue weighted by Gasteiger charge is -2.26. The first-order valence-electron chi connectivity index (χ1n) is 5.16. The molecule has 1 aliphatic rings. The van der Waals surface area contributed by atoms with Crippen molar-refractivity contribution in [3.05, 3.63) is 23.5 Å². The number of rotatable bonds is 3. The van der Waals surface area contributed by atoms with Crippen molar-refractivity contribution < 1.29 is 0 Å². The molecule has 0 aromatic carbocycles. The predicted octanol–water partition coefficient (Wildman–Crippen LogP) is 2.45. The molecule has 0 saturated heterocycles. The van der Waals surface area contributed by atoms with Crippen LogP contribution in [0.4, 0.5) is 0 Å². The molecule has 0 radical (unpaired) electrons. The quantitative estimate of drug-likeness (QED) is 0.752. The highest BCUT2D eigenvalue weighted by Crippen LogP contribution is 2.25. The van der Waals surface area contributed by atoms with Crippen LogP contribution in [-0.4, -0.2) is 11.2 Å². The van der Waals surface area contributed by atoms with Crippen LogP contribution in [0.1, 0.15) is 30.7 Å². The molecular weight excluding hydrogens is 160 g/mol. The monoisotopic (exact) mass is 178 g/mol. The number of hydrogen-bond donors (Lipinski definition) is 1. The zero-order valence-corrected chi connectivity index (χ0v) is 8.51. The summed E-state index contributed by atoms with van der Waals surface area (Å²) in [5, 5.41) is 0. The van der Waals surface area contributed by atoms with Gasteiger partial charge in [0.1, 0.15) is 0 Å². The van der Waals surface area contributed by atoms with Crippen molar-refractivity contribution in [2.75, 3.05) is 12.0 Å². The predicted molar refractivity (Wildman–Crippen MR) is 55.5 cm³/mol. The van der Waals surface area contributed by atoms with Crippen molar-refractivity contribution in [2.45, 2.75) is 33.1 Å². The third-order valence-corrected chi connectivity index (χ3v) is 3.03. The highest BCUT2D eigenvalue weighted by Gasteiger charge is 2.16. The van der Waals surface area contributed by atoms with E-state index in [1.807, 2.05) is 0 Å². The van der Waals surface area contributed by atoms with Gasteiger partial charge in [-0.15, -0.1) is 0 Å². The zero-order chi connectivity index (χ0) is 9.26. The van der Waals surface area contributed by atoms with E-state index in [0.29, 0.717) is 0 Å². The number of nitrogens with zero attached hydrogens (tertiary/aromatic N) is 1. The summed E-state index contributed by atoms with van der Waals surface area (Å²) in [5.74, 6) is 0.918. The van der Waals surface area contributed by atoms with E-state index in [-0.39, 0.29) is 0 Å². The summed E-state index contributed by atoms with van der Waals surface area (Å²) in [6.45, 7) is 5.41. The Bertz CT molecular complexity index is 265. The van der Waals surface area contributed by atoms with E-state index < -0.39 is 0 Å². The molecule has 0 unspecified atom stereocenters. The van der Waals surface area contributed by atoms with Gasteiger partial charge in [-0.1, -0.05) is 6.42 Å². The fourth-order valence-electron chi connectivity index (χ4n) is 1.84. The van der Waals surface area contributed by atoms with Crippen LogP contribution in [0.5, 0.6) is 0 Å². The molecule has 1 saturated carbocycles. The minimum atomic E-state index is 0.918. The van der Waals surface area contributed by atoms with Crippen LogP contribution in [0.15, 0.2) is 12.1 Å². The van der Waals surface area contributed by atoms with Crippen LogP contribution in [0.25, 0.3) is 0 Å². The summed E-state index contributed by atoms with van der Waals surface area (Å²) < 4.78 is 2.19. The van der Waals surface area contributed by atoms with Gasteiger partial charge in [0.05, 0.1) is 0 Å².